The van der Waals surface area contributed by atoms with Gasteiger partial charge in [-0.3, -0.25) is 9.59 Å². The maximum absolute atomic E-state index is 14.1. The summed E-state index contributed by atoms with van der Waals surface area (Å²) in [4.78, 5) is 42.2. The van der Waals surface area contributed by atoms with Crippen molar-refractivity contribution in [3.63, 3.8) is 0 Å². The Morgan fingerprint density at radius 2 is 1.63 bits per heavy atom. The zero-order valence-electron chi connectivity index (χ0n) is 22.2. The second kappa shape index (κ2) is 11.4. The van der Waals surface area contributed by atoms with E-state index in [4.69, 9.17) is 4.74 Å². The average Bonchev–Trinajstić information content (AvgIpc) is 3.50. The summed E-state index contributed by atoms with van der Waals surface area (Å²) in [6, 6.07) is 8.06. The summed E-state index contributed by atoms with van der Waals surface area (Å²) in [5.41, 5.74) is 0.110. The second-order valence-corrected chi connectivity index (χ2v) is 11.6. The molecule has 7 heteroatoms. The maximum atomic E-state index is 14.1. The molecule has 2 aliphatic carbocycles. The third-order valence-electron chi connectivity index (χ3n) is 6.88. The highest BCUT2D eigenvalue weighted by Gasteiger charge is 2.48. The number of nitrogens with zero attached hydrogens (tertiary/aromatic N) is 1. The number of carbonyl (C=O) groups excluding carboxylic acids is 3. The first kappa shape index (κ1) is 27.0. The normalized spacial score (nSPS) is 22.1. The van der Waals surface area contributed by atoms with Crippen LogP contribution in [0.4, 0.5) is 4.79 Å². The fourth-order valence-electron chi connectivity index (χ4n) is 4.88. The quantitative estimate of drug-likeness (QED) is 0.545. The van der Waals surface area contributed by atoms with Gasteiger partial charge >= 0.3 is 6.09 Å². The van der Waals surface area contributed by atoms with Crippen LogP contribution >= 0.6 is 0 Å². The number of hydrogen-bond donors (Lipinski definition) is 2. The highest BCUT2D eigenvalue weighted by atomic mass is 16.6. The molecule has 7 nitrogen and oxygen atoms in total. The number of ether oxygens (including phenoxy) is 1. The van der Waals surface area contributed by atoms with E-state index >= 15 is 0 Å². The van der Waals surface area contributed by atoms with Crippen LogP contribution < -0.4 is 10.6 Å². The monoisotopic (exact) mass is 485 g/mol. The highest BCUT2D eigenvalue weighted by Crippen LogP contribution is 2.41. The molecule has 35 heavy (non-hydrogen) atoms. The van der Waals surface area contributed by atoms with Crippen LogP contribution in [0.2, 0.25) is 0 Å². The van der Waals surface area contributed by atoms with E-state index in [0.29, 0.717) is 5.92 Å². The zero-order valence-corrected chi connectivity index (χ0v) is 22.2. The maximum Gasteiger partial charge on any atom is 0.408 e. The van der Waals surface area contributed by atoms with E-state index in [-0.39, 0.29) is 29.8 Å². The molecule has 194 valence electrons. The van der Waals surface area contributed by atoms with E-state index in [1.54, 1.807) is 25.7 Å². The number of hydrogen-bond acceptors (Lipinski definition) is 4. The molecule has 3 amide bonds. The van der Waals surface area contributed by atoms with Gasteiger partial charge in [0.1, 0.15) is 17.7 Å². The molecule has 1 aromatic carbocycles. The average molecular weight is 486 g/mol. The molecule has 0 aromatic heterocycles. The third kappa shape index (κ3) is 7.45. The minimum atomic E-state index is -0.800. The van der Waals surface area contributed by atoms with E-state index in [9.17, 15) is 14.4 Å². The van der Waals surface area contributed by atoms with Gasteiger partial charge in [0.15, 0.2) is 0 Å². The summed E-state index contributed by atoms with van der Waals surface area (Å²) >= 11 is 0. The van der Waals surface area contributed by atoms with Crippen LogP contribution in [0.5, 0.6) is 0 Å². The van der Waals surface area contributed by atoms with Crippen LogP contribution in [0.25, 0.3) is 0 Å². The van der Waals surface area contributed by atoms with Gasteiger partial charge in [-0.2, -0.15) is 0 Å². The SMILES string of the molecule is CC(C)C(NC(=O)OC(C)(C)C)C(=O)N(C(C(=O)NC1CCCCC1)c1ccccc1)C1CC1C. The molecule has 1 aromatic rings. The lowest BCUT2D eigenvalue weighted by molar-refractivity contribution is -0.144. The van der Waals surface area contributed by atoms with Gasteiger partial charge in [-0.25, -0.2) is 4.79 Å². The van der Waals surface area contributed by atoms with Gasteiger partial charge in [-0.15, -0.1) is 0 Å². The van der Waals surface area contributed by atoms with Gasteiger partial charge < -0.3 is 20.3 Å². The molecule has 0 spiro atoms. The standard InChI is InChI=1S/C28H43N3O4/c1-18(2)23(30-27(34)35-28(4,5)6)26(33)31(22-17-19(22)3)24(20-13-9-7-10-14-20)25(32)29-21-15-11-8-12-16-21/h7,9-10,13-14,18-19,21-24H,8,11-12,15-17H2,1-6H3,(H,29,32)(H,30,34). The van der Waals surface area contributed by atoms with Crippen LogP contribution in [0, 0.1) is 11.8 Å². The number of benzene rings is 1. The molecule has 4 atom stereocenters. The number of alkyl carbamates (subject to hydrolysis) is 1. The Kier molecular flexibility index (Phi) is 8.84. The first-order valence-electron chi connectivity index (χ1n) is 13.1. The Balaban J connectivity index is 1.92. The molecule has 0 bridgehead atoms. The fraction of sp³-hybridized carbons (Fsp3) is 0.679. The van der Waals surface area contributed by atoms with Gasteiger partial charge in [-0.05, 0) is 57.4 Å². The van der Waals surface area contributed by atoms with E-state index in [1.807, 2.05) is 44.2 Å². The Hall–Kier alpha value is -2.57. The van der Waals surface area contributed by atoms with Crippen molar-refractivity contribution in [3.8, 4) is 0 Å². The highest BCUT2D eigenvalue weighted by molar-refractivity contribution is 5.92. The second-order valence-electron chi connectivity index (χ2n) is 11.6. The summed E-state index contributed by atoms with van der Waals surface area (Å²) < 4.78 is 5.44. The minimum Gasteiger partial charge on any atom is -0.444 e. The summed E-state index contributed by atoms with van der Waals surface area (Å²) in [5.74, 6) is -0.269. The Morgan fingerprint density at radius 1 is 1.03 bits per heavy atom. The summed E-state index contributed by atoms with van der Waals surface area (Å²) in [6.07, 6.45) is 5.56. The lowest BCUT2D eigenvalue weighted by Gasteiger charge is -2.37. The smallest absolute Gasteiger partial charge is 0.408 e. The Morgan fingerprint density at radius 3 is 2.14 bits per heavy atom. The molecule has 4 unspecified atom stereocenters. The zero-order chi connectivity index (χ0) is 25.8. The van der Waals surface area contributed by atoms with Crippen LogP contribution in [0.3, 0.4) is 0 Å². The van der Waals surface area contributed by atoms with Crippen LogP contribution in [-0.2, 0) is 14.3 Å². The van der Waals surface area contributed by atoms with Gasteiger partial charge in [-0.1, -0.05) is 70.4 Å². The Labute approximate surface area is 210 Å². The van der Waals surface area contributed by atoms with Crippen molar-refractivity contribution >= 4 is 17.9 Å². The first-order chi connectivity index (χ1) is 16.5. The number of rotatable bonds is 8. The molecule has 2 saturated carbocycles. The largest absolute Gasteiger partial charge is 0.444 e. The lowest BCUT2D eigenvalue weighted by atomic mass is 9.94. The summed E-state index contributed by atoms with van der Waals surface area (Å²) in [5, 5.41) is 6.04. The molecule has 3 rings (SSSR count). The van der Waals surface area contributed by atoms with E-state index in [1.165, 1.54) is 6.42 Å². The van der Waals surface area contributed by atoms with Crippen molar-refractivity contribution in [2.75, 3.05) is 0 Å². The van der Waals surface area contributed by atoms with Crippen molar-refractivity contribution in [2.24, 2.45) is 11.8 Å². The predicted molar refractivity (Wildman–Crippen MR) is 137 cm³/mol. The molecule has 0 heterocycles. The van der Waals surface area contributed by atoms with Crippen LogP contribution in [-0.4, -0.2) is 46.5 Å². The van der Waals surface area contributed by atoms with E-state index in [2.05, 4.69) is 17.6 Å². The van der Waals surface area contributed by atoms with Gasteiger partial charge in [0.25, 0.3) is 0 Å². The first-order valence-corrected chi connectivity index (χ1v) is 13.1. The van der Waals surface area contributed by atoms with Crippen molar-refractivity contribution in [3.05, 3.63) is 35.9 Å². The Bertz CT molecular complexity index is 874. The number of nitrogens with one attached hydrogen (secondary N) is 2. The van der Waals surface area contributed by atoms with E-state index in [0.717, 1.165) is 37.7 Å². The van der Waals surface area contributed by atoms with Crippen molar-refractivity contribution < 1.29 is 19.1 Å². The number of amides is 3. The van der Waals surface area contributed by atoms with Crippen LogP contribution in [0.1, 0.15) is 91.7 Å². The van der Waals surface area contributed by atoms with Gasteiger partial charge in [0, 0.05) is 12.1 Å². The molecule has 2 aliphatic rings. The molecular weight excluding hydrogens is 442 g/mol. The molecule has 0 radical (unpaired) electrons. The molecular formula is C28H43N3O4. The molecule has 0 saturated heterocycles. The van der Waals surface area contributed by atoms with Crippen molar-refractivity contribution in [2.45, 2.75) is 110 Å². The molecule has 0 aliphatic heterocycles. The van der Waals surface area contributed by atoms with E-state index < -0.39 is 23.8 Å². The minimum absolute atomic E-state index is 0.0495. The van der Waals surface area contributed by atoms with Gasteiger partial charge in [0.2, 0.25) is 11.8 Å². The number of carbonyl (C=O) groups is 3. The molecule has 2 N–H and O–H groups in total. The van der Waals surface area contributed by atoms with Gasteiger partial charge in [0.05, 0.1) is 0 Å². The molecule has 2 fully saturated rings. The lowest BCUT2D eigenvalue weighted by Crippen LogP contribution is -2.56. The summed E-state index contributed by atoms with van der Waals surface area (Å²) in [7, 11) is 0. The predicted octanol–water partition coefficient (Wildman–Crippen LogP) is 4.96. The van der Waals surface area contributed by atoms with Crippen LogP contribution in [0.15, 0.2) is 30.3 Å². The van der Waals surface area contributed by atoms with Crippen molar-refractivity contribution in [1.82, 2.24) is 15.5 Å². The fourth-order valence-corrected chi connectivity index (χ4v) is 4.88. The third-order valence-corrected chi connectivity index (χ3v) is 6.88. The van der Waals surface area contributed by atoms with Crippen molar-refractivity contribution in [1.29, 1.82) is 0 Å². The summed E-state index contributed by atoms with van der Waals surface area (Å²) in [6.45, 7) is 11.3. The topological polar surface area (TPSA) is 87.7 Å².